The molecule has 4 nitrogen and oxygen atoms in total. The third-order valence-corrected chi connectivity index (χ3v) is 2.57. The normalized spacial score (nSPS) is 16.6. The van der Waals surface area contributed by atoms with E-state index in [9.17, 15) is 4.79 Å². The van der Waals surface area contributed by atoms with Crippen LogP contribution in [0, 0.1) is 0 Å². The molecule has 4 heteroatoms. The number of esters is 1. The number of carbonyl (C=O) groups is 1. The molecule has 3 atom stereocenters. The van der Waals surface area contributed by atoms with Gasteiger partial charge in [-0.25, -0.2) is 0 Å². The maximum Gasteiger partial charge on any atom is 0.325 e. The fourth-order valence-corrected chi connectivity index (χ4v) is 1.39. The van der Waals surface area contributed by atoms with E-state index in [1.54, 1.807) is 0 Å². The smallest absolute Gasteiger partial charge is 0.325 e. The Morgan fingerprint density at radius 2 is 1.94 bits per heavy atom. The zero-order valence-electron chi connectivity index (χ0n) is 10.6. The van der Waals surface area contributed by atoms with Gasteiger partial charge >= 0.3 is 5.97 Å². The van der Waals surface area contributed by atoms with Gasteiger partial charge in [-0.2, -0.15) is 0 Å². The van der Waals surface area contributed by atoms with Crippen LogP contribution in [0.5, 0.6) is 0 Å². The lowest BCUT2D eigenvalue weighted by Crippen LogP contribution is -2.42. The SMILES string of the molecule is CCCCCCC(C)OC(=O)[C@@H](N)[C@@H](C)O. The molecule has 0 rings (SSSR count). The molecule has 96 valence electrons. The van der Waals surface area contributed by atoms with E-state index in [2.05, 4.69) is 6.92 Å². The van der Waals surface area contributed by atoms with Crippen molar-refractivity contribution in [2.24, 2.45) is 5.73 Å². The van der Waals surface area contributed by atoms with Gasteiger partial charge in [-0.15, -0.1) is 0 Å². The molecule has 0 radical (unpaired) electrons. The molecule has 0 spiro atoms. The van der Waals surface area contributed by atoms with Crippen molar-refractivity contribution in [3.8, 4) is 0 Å². The zero-order valence-corrected chi connectivity index (χ0v) is 10.6. The van der Waals surface area contributed by atoms with Crippen LogP contribution < -0.4 is 5.73 Å². The zero-order chi connectivity index (χ0) is 12.6. The highest BCUT2D eigenvalue weighted by Gasteiger charge is 2.21. The van der Waals surface area contributed by atoms with E-state index in [4.69, 9.17) is 15.6 Å². The van der Waals surface area contributed by atoms with E-state index in [1.807, 2.05) is 6.92 Å². The highest BCUT2D eigenvalue weighted by molar-refractivity contribution is 5.76. The van der Waals surface area contributed by atoms with E-state index in [0.717, 1.165) is 12.8 Å². The number of aliphatic hydroxyl groups excluding tert-OH is 1. The largest absolute Gasteiger partial charge is 0.461 e. The van der Waals surface area contributed by atoms with E-state index >= 15 is 0 Å². The lowest BCUT2D eigenvalue weighted by atomic mass is 10.1. The first-order valence-corrected chi connectivity index (χ1v) is 6.13. The van der Waals surface area contributed by atoms with Gasteiger partial charge in [-0.1, -0.05) is 26.2 Å². The Balaban J connectivity index is 3.69. The van der Waals surface area contributed by atoms with Crippen LogP contribution in [0.1, 0.15) is 52.9 Å². The van der Waals surface area contributed by atoms with Gasteiger partial charge in [0.25, 0.3) is 0 Å². The van der Waals surface area contributed by atoms with Crippen molar-refractivity contribution in [3.63, 3.8) is 0 Å². The van der Waals surface area contributed by atoms with Crippen LogP contribution >= 0.6 is 0 Å². The Morgan fingerprint density at radius 1 is 1.31 bits per heavy atom. The summed E-state index contributed by atoms with van der Waals surface area (Å²) in [5.41, 5.74) is 5.46. The van der Waals surface area contributed by atoms with E-state index in [0.29, 0.717) is 0 Å². The topological polar surface area (TPSA) is 72.5 Å². The van der Waals surface area contributed by atoms with Crippen LogP contribution in [-0.4, -0.2) is 29.3 Å². The number of ether oxygens (including phenoxy) is 1. The summed E-state index contributed by atoms with van der Waals surface area (Å²) < 4.78 is 5.13. The molecule has 16 heavy (non-hydrogen) atoms. The first kappa shape index (κ1) is 15.4. The van der Waals surface area contributed by atoms with Gasteiger partial charge in [0.1, 0.15) is 6.04 Å². The van der Waals surface area contributed by atoms with E-state index in [-0.39, 0.29) is 6.10 Å². The van der Waals surface area contributed by atoms with Crippen molar-refractivity contribution >= 4 is 5.97 Å². The molecule has 0 aromatic heterocycles. The highest BCUT2D eigenvalue weighted by Crippen LogP contribution is 2.08. The number of unbranched alkanes of at least 4 members (excludes halogenated alkanes) is 3. The van der Waals surface area contributed by atoms with Crippen molar-refractivity contribution in [2.75, 3.05) is 0 Å². The minimum absolute atomic E-state index is 0.117. The minimum Gasteiger partial charge on any atom is -0.461 e. The first-order chi connectivity index (χ1) is 7.49. The molecule has 0 fully saturated rings. The van der Waals surface area contributed by atoms with Crippen LogP contribution in [-0.2, 0) is 9.53 Å². The fraction of sp³-hybridized carbons (Fsp3) is 0.917. The Hall–Kier alpha value is -0.610. The molecular formula is C12H25NO3. The number of carbonyl (C=O) groups excluding carboxylic acids is 1. The summed E-state index contributed by atoms with van der Waals surface area (Å²) in [7, 11) is 0. The lowest BCUT2D eigenvalue weighted by Gasteiger charge is -2.18. The number of rotatable bonds is 8. The molecule has 0 aliphatic rings. The second-order valence-corrected chi connectivity index (χ2v) is 4.36. The third kappa shape index (κ3) is 6.80. The summed E-state index contributed by atoms with van der Waals surface area (Å²) >= 11 is 0. The van der Waals surface area contributed by atoms with Crippen LogP contribution in [0.2, 0.25) is 0 Å². The summed E-state index contributed by atoms with van der Waals surface area (Å²) in [5, 5.41) is 9.12. The maximum atomic E-state index is 11.4. The monoisotopic (exact) mass is 231 g/mol. The quantitative estimate of drug-likeness (QED) is 0.491. The van der Waals surface area contributed by atoms with Crippen LogP contribution in [0.4, 0.5) is 0 Å². The van der Waals surface area contributed by atoms with Crippen LogP contribution in [0.15, 0.2) is 0 Å². The molecule has 1 unspecified atom stereocenters. The highest BCUT2D eigenvalue weighted by atomic mass is 16.5. The molecule has 3 N–H and O–H groups in total. The van der Waals surface area contributed by atoms with Gasteiger partial charge in [-0.05, 0) is 26.7 Å². The van der Waals surface area contributed by atoms with Gasteiger partial charge in [0.05, 0.1) is 12.2 Å². The summed E-state index contributed by atoms with van der Waals surface area (Å²) in [6.07, 6.45) is 4.52. The maximum absolute atomic E-state index is 11.4. The second-order valence-electron chi connectivity index (χ2n) is 4.36. The average molecular weight is 231 g/mol. The molecule has 0 saturated carbocycles. The Labute approximate surface area is 98.2 Å². The van der Waals surface area contributed by atoms with Crippen molar-refractivity contribution in [2.45, 2.75) is 71.1 Å². The second kappa shape index (κ2) is 8.53. The lowest BCUT2D eigenvalue weighted by molar-refractivity contribution is -0.152. The molecule has 0 aromatic carbocycles. The number of nitrogens with two attached hydrogens (primary N) is 1. The first-order valence-electron chi connectivity index (χ1n) is 6.13. The number of aliphatic hydroxyl groups is 1. The predicted molar refractivity (Wildman–Crippen MR) is 64.0 cm³/mol. The van der Waals surface area contributed by atoms with Gasteiger partial charge < -0.3 is 15.6 Å². The standard InChI is InChI=1S/C12H25NO3/c1-4-5-6-7-8-9(2)16-12(15)11(13)10(3)14/h9-11,14H,4-8,13H2,1-3H3/t9?,10-,11+/m1/s1. The van der Waals surface area contributed by atoms with E-state index < -0.39 is 18.1 Å². The van der Waals surface area contributed by atoms with E-state index in [1.165, 1.54) is 26.2 Å². The molecule has 0 saturated heterocycles. The van der Waals surface area contributed by atoms with Gasteiger partial charge in [0, 0.05) is 0 Å². The summed E-state index contributed by atoms with van der Waals surface area (Å²) in [4.78, 5) is 11.4. The Morgan fingerprint density at radius 3 is 2.44 bits per heavy atom. The van der Waals surface area contributed by atoms with Crippen LogP contribution in [0.3, 0.4) is 0 Å². The molecule has 0 aliphatic carbocycles. The van der Waals surface area contributed by atoms with Crippen LogP contribution in [0.25, 0.3) is 0 Å². The summed E-state index contributed by atoms with van der Waals surface area (Å²) in [5.74, 6) is -0.516. The molecule has 0 aliphatic heterocycles. The fourth-order valence-electron chi connectivity index (χ4n) is 1.39. The Bertz CT molecular complexity index is 195. The summed E-state index contributed by atoms with van der Waals surface area (Å²) in [6, 6.07) is -0.932. The minimum atomic E-state index is -0.932. The molecule has 0 heterocycles. The van der Waals surface area contributed by atoms with Gasteiger partial charge in [0.2, 0.25) is 0 Å². The molecule has 0 bridgehead atoms. The molecule has 0 aromatic rings. The summed E-state index contributed by atoms with van der Waals surface area (Å²) in [6.45, 7) is 5.50. The average Bonchev–Trinajstić information content (AvgIpc) is 2.23. The van der Waals surface area contributed by atoms with Gasteiger partial charge in [0.15, 0.2) is 0 Å². The number of hydrogen-bond donors (Lipinski definition) is 2. The number of hydrogen-bond acceptors (Lipinski definition) is 4. The van der Waals surface area contributed by atoms with Crippen molar-refractivity contribution < 1.29 is 14.6 Å². The van der Waals surface area contributed by atoms with Gasteiger partial charge in [-0.3, -0.25) is 4.79 Å². The molecular weight excluding hydrogens is 206 g/mol. The van der Waals surface area contributed by atoms with Crippen molar-refractivity contribution in [1.82, 2.24) is 0 Å². The molecule has 0 amide bonds. The van der Waals surface area contributed by atoms with Crippen molar-refractivity contribution in [3.05, 3.63) is 0 Å². The van der Waals surface area contributed by atoms with Crippen molar-refractivity contribution in [1.29, 1.82) is 0 Å². The Kier molecular flexibility index (Phi) is 8.21. The predicted octanol–water partition coefficient (Wildman–Crippen LogP) is 1.60. The third-order valence-electron chi connectivity index (χ3n) is 2.57.